The number of hydrogen-bond donors (Lipinski definition) is 3. The molecule has 3 aromatic heterocycles. The van der Waals surface area contributed by atoms with E-state index in [0.29, 0.717) is 11.7 Å². The SMILES string of the molecule is c1ccc2c(Nc3cc(C4CC4)[nH]n3)nc(-c3ccc(N4CCNCC4)nc3)nc2c1. The van der Waals surface area contributed by atoms with Gasteiger partial charge in [0.05, 0.1) is 5.52 Å². The third-order valence-corrected chi connectivity index (χ3v) is 5.91. The zero-order chi connectivity index (χ0) is 20.6. The number of H-pyrrole nitrogens is 1. The number of anilines is 3. The molecule has 0 spiro atoms. The van der Waals surface area contributed by atoms with Gasteiger partial charge < -0.3 is 15.5 Å². The maximum atomic E-state index is 4.84. The number of fused-ring (bicyclic) bond motifs is 1. The molecule has 1 aromatic carbocycles. The fourth-order valence-electron chi connectivity index (χ4n) is 4.03. The van der Waals surface area contributed by atoms with Crippen LogP contribution >= 0.6 is 0 Å². The van der Waals surface area contributed by atoms with Gasteiger partial charge in [-0.05, 0) is 37.1 Å². The lowest BCUT2D eigenvalue weighted by Gasteiger charge is -2.28. The molecule has 8 nitrogen and oxygen atoms in total. The van der Waals surface area contributed by atoms with E-state index in [2.05, 4.69) is 48.9 Å². The number of hydrogen-bond acceptors (Lipinski definition) is 7. The molecule has 2 fully saturated rings. The summed E-state index contributed by atoms with van der Waals surface area (Å²) in [4.78, 5) is 16.6. The lowest BCUT2D eigenvalue weighted by molar-refractivity contribution is 0.585. The minimum absolute atomic E-state index is 0.626. The third-order valence-electron chi connectivity index (χ3n) is 5.91. The third kappa shape index (κ3) is 3.70. The van der Waals surface area contributed by atoms with Crippen molar-refractivity contribution in [3.8, 4) is 11.4 Å². The summed E-state index contributed by atoms with van der Waals surface area (Å²) in [6.45, 7) is 3.92. The smallest absolute Gasteiger partial charge is 0.163 e. The largest absolute Gasteiger partial charge is 0.354 e. The lowest BCUT2D eigenvalue weighted by Crippen LogP contribution is -2.43. The van der Waals surface area contributed by atoms with Crippen molar-refractivity contribution in [2.75, 3.05) is 36.4 Å². The van der Waals surface area contributed by atoms with Gasteiger partial charge in [-0.1, -0.05) is 12.1 Å². The Morgan fingerprint density at radius 3 is 2.68 bits per heavy atom. The predicted molar refractivity (Wildman–Crippen MR) is 122 cm³/mol. The van der Waals surface area contributed by atoms with Gasteiger partial charge in [0, 0.05) is 61.0 Å². The first-order valence-electron chi connectivity index (χ1n) is 10.8. The van der Waals surface area contributed by atoms with E-state index in [4.69, 9.17) is 9.97 Å². The first-order chi connectivity index (χ1) is 15.3. The molecule has 4 aromatic rings. The Bertz CT molecular complexity index is 1210. The molecule has 1 aliphatic carbocycles. The zero-order valence-electron chi connectivity index (χ0n) is 17.2. The Morgan fingerprint density at radius 1 is 1.00 bits per heavy atom. The van der Waals surface area contributed by atoms with Crippen molar-refractivity contribution in [1.82, 2.24) is 30.5 Å². The summed E-state index contributed by atoms with van der Waals surface area (Å²) in [6, 6.07) is 14.2. The van der Waals surface area contributed by atoms with Crippen molar-refractivity contribution in [3.05, 3.63) is 54.4 Å². The van der Waals surface area contributed by atoms with Gasteiger partial charge >= 0.3 is 0 Å². The molecule has 1 saturated carbocycles. The molecular weight excluding hydrogens is 388 g/mol. The average Bonchev–Trinajstić information content (AvgIpc) is 3.58. The van der Waals surface area contributed by atoms with Crippen LogP contribution < -0.4 is 15.5 Å². The monoisotopic (exact) mass is 412 g/mol. The normalized spacial score (nSPS) is 16.6. The molecule has 1 saturated heterocycles. The maximum absolute atomic E-state index is 4.84. The molecule has 0 amide bonds. The highest BCUT2D eigenvalue weighted by atomic mass is 15.2. The number of piperazine rings is 1. The van der Waals surface area contributed by atoms with Crippen LogP contribution in [0, 0.1) is 0 Å². The summed E-state index contributed by atoms with van der Waals surface area (Å²) < 4.78 is 0. The van der Waals surface area contributed by atoms with Gasteiger partial charge in [0.15, 0.2) is 11.6 Å². The van der Waals surface area contributed by atoms with E-state index in [9.17, 15) is 0 Å². The second-order valence-corrected chi connectivity index (χ2v) is 8.16. The molecule has 8 heteroatoms. The first kappa shape index (κ1) is 18.3. The Kier molecular flexibility index (Phi) is 4.49. The summed E-state index contributed by atoms with van der Waals surface area (Å²) in [7, 11) is 0. The number of nitrogens with zero attached hydrogens (tertiary/aromatic N) is 5. The van der Waals surface area contributed by atoms with Crippen LogP contribution in [0.3, 0.4) is 0 Å². The molecule has 0 unspecified atom stereocenters. The van der Waals surface area contributed by atoms with Gasteiger partial charge in [-0.3, -0.25) is 5.10 Å². The number of benzene rings is 1. The van der Waals surface area contributed by atoms with E-state index in [1.165, 1.54) is 18.5 Å². The number of aromatic amines is 1. The average molecular weight is 413 g/mol. The van der Waals surface area contributed by atoms with Crippen molar-refractivity contribution >= 4 is 28.4 Å². The summed E-state index contributed by atoms with van der Waals surface area (Å²) in [5.41, 5.74) is 2.97. The topological polar surface area (TPSA) is 94.7 Å². The molecule has 1 aliphatic heterocycles. The first-order valence-corrected chi connectivity index (χ1v) is 10.8. The van der Waals surface area contributed by atoms with Crippen LogP contribution in [-0.4, -0.2) is 51.3 Å². The van der Waals surface area contributed by atoms with E-state index in [0.717, 1.165) is 60.1 Å². The number of rotatable bonds is 5. The number of pyridine rings is 1. The van der Waals surface area contributed by atoms with Crippen LogP contribution in [0.4, 0.5) is 17.5 Å². The Labute approximate surface area is 180 Å². The molecule has 0 radical (unpaired) electrons. The molecule has 2 aliphatic rings. The van der Waals surface area contributed by atoms with Crippen molar-refractivity contribution in [2.45, 2.75) is 18.8 Å². The molecule has 0 bridgehead atoms. The van der Waals surface area contributed by atoms with Crippen LogP contribution in [0.25, 0.3) is 22.3 Å². The van der Waals surface area contributed by atoms with Gasteiger partial charge in [-0.25, -0.2) is 15.0 Å². The Hall–Kier alpha value is -3.52. The highest BCUT2D eigenvalue weighted by Gasteiger charge is 2.25. The van der Waals surface area contributed by atoms with Crippen LogP contribution in [0.2, 0.25) is 0 Å². The molecule has 0 atom stereocenters. The van der Waals surface area contributed by atoms with E-state index >= 15 is 0 Å². The molecule has 3 N–H and O–H groups in total. The summed E-state index contributed by atoms with van der Waals surface area (Å²) >= 11 is 0. The number of nitrogens with one attached hydrogen (secondary N) is 3. The molecule has 31 heavy (non-hydrogen) atoms. The highest BCUT2D eigenvalue weighted by Crippen LogP contribution is 2.40. The highest BCUT2D eigenvalue weighted by molar-refractivity contribution is 5.92. The molecule has 6 rings (SSSR count). The fraction of sp³-hybridized carbons (Fsp3) is 0.304. The quantitative estimate of drug-likeness (QED) is 0.462. The van der Waals surface area contributed by atoms with Crippen molar-refractivity contribution < 1.29 is 0 Å². The van der Waals surface area contributed by atoms with Crippen LogP contribution in [0.1, 0.15) is 24.5 Å². The minimum atomic E-state index is 0.626. The maximum Gasteiger partial charge on any atom is 0.163 e. The van der Waals surface area contributed by atoms with Gasteiger partial charge in [-0.2, -0.15) is 5.10 Å². The van der Waals surface area contributed by atoms with Crippen molar-refractivity contribution in [1.29, 1.82) is 0 Å². The zero-order valence-corrected chi connectivity index (χ0v) is 17.2. The van der Waals surface area contributed by atoms with E-state index in [1.54, 1.807) is 0 Å². The summed E-state index contributed by atoms with van der Waals surface area (Å²) in [5, 5.41) is 15.3. The minimum Gasteiger partial charge on any atom is -0.354 e. The molecule has 4 heterocycles. The van der Waals surface area contributed by atoms with E-state index in [1.807, 2.05) is 30.5 Å². The van der Waals surface area contributed by atoms with Crippen molar-refractivity contribution in [3.63, 3.8) is 0 Å². The standard InChI is InChI=1S/C23H24N8/c1-2-4-18-17(3-1)23(27-20-13-19(29-30-20)15-5-6-15)28-22(26-18)16-7-8-21(25-14-16)31-11-9-24-10-12-31/h1-4,7-8,13-15,24H,5-6,9-12H2,(H2,26,27,28,29,30). The van der Waals surface area contributed by atoms with Crippen LogP contribution in [0.5, 0.6) is 0 Å². The Morgan fingerprint density at radius 2 is 1.87 bits per heavy atom. The molecular formula is C23H24N8. The number of aromatic nitrogens is 5. The second kappa shape index (κ2) is 7.63. The van der Waals surface area contributed by atoms with Gasteiger partial charge in [-0.15, -0.1) is 0 Å². The van der Waals surface area contributed by atoms with Crippen molar-refractivity contribution in [2.24, 2.45) is 0 Å². The van der Waals surface area contributed by atoms with Crippen LogP contribution in [-0.2, 0) is 0 Å². The summed E-state index contributed by atoms with van der Waals surface area (Å²) in [6.07, 6.45) is 4.34. The van der Waals surface area contributed by atoms with Crippen LogP contribution in [0.15, 0.2) is 48.7 Å². The summed E-state index contributed by atoms with van der Waals surface area (Å²) in [5.74, 6) is 3.80. The predicted octanol–water partition coefficient (Wildman–Crippen LogP) is 3.45. The lowest BCUT2D eigenvalue weighted by atomic mass is 10.2. The van der Waals surface area contributed by atoms with E-state index < -0.39 is 0 Å². The fourth-order valence-corrected chi connectivity index (χ4v) is 4.03. The second-order valence-electron chi connectivity index (χ2n) is 8.16. The van der Waals surface area contributed by atoms with Gasteiger partial charge in [0.1, 0.15) is 11.6 Å². The van der Waals surface area contributed by atoms with Gasteiger partial charge in [0.2, 0.25) is 0 Å². The number of para-hydroxylation sites is 1. The van der Waals surface area contributed by atoms with E-state index in [-0.39, 0.29) is 0 Å². The van der Waals surface area contributed by atoms with Gasteiger partial charge in [0.25, 0.3) is 0 Å². The Balaban J connectivity index is 1.33. The molecule has 156 valence electrons.